The summed E-state index contributed by atoms with van der Waals surface area (Å²) in [6.45, 7) is 0.659. The fourth-order valence-corrected chi connectivity index (χ4v) is 2.96. The van der Waals surface area contributed by atoms with Gasteiger partial charge in [-0.2, -0.15) is 0 Å². The van der Waals surface area contributed by atoms with Crippen molar-refractivity contribution in [1.82, 2.24) is 4.90 Å². The van der Waals surface area contributed by atoms with Gasteiger partial charge < -0.3 is 14.7 Å². The van der Waals surface area contributed by atoms with Gasteiger partial charge in [0.1, 0.15) is 5.75 Å². The molecule has 0 bridgehead atoms. The molecule has 1 saturated heterocycles. The van der Waals surface area contributed by atoms with Crippen LogP contribution in [0.4, 0.5) is 0 Å². The van der Waals surface area contributed by atoms with Gasteiger partial charge in [0.2, 0.25) is 5.91 Å². The Hall–Kier alpha value is -1.89. The fourth-order valence-electron chi connectivity index (χ4n) is 2.60. The van der Waals surface area contributed by atoms with Gasteiger partial charge in [0.25, 0.3) is 0 Å². The molecule has 1 N–H and O–H groups in total. The molecule has 1 fully saturated rings. The molecule has 1 aromatic rings. The van der Waals surface area contributed by atoms with Gasteiger partial charge in [0.15, 0.2) is 5.78 Å². The zero-order valence-electron chi connectivity index (χ0n) is 12.8. The molecule has 1 atom stereocenters. The van der Waals surface area contributed by atoms with Crippen LogP contribution in [0.25, 0.3) is 0 Å². The number of ketones is 1. The maximum Gasteiger partial charge on any atom is 0.308 e. The normalized spacial score (nSPS) is 17.1. The van der Waals surface area contributed by atoms with Crippen molar-refractivity contribution in [2.45, 2.75) is 19.3 Å². The third kappa shape index (κ3) is 4.31. The minimum Gasteiger partial charge on any atom is -0.496 e. The largest absolute Gasteiger partial charge is 0.496 e. The summed E-state index contributed by atoms with van der Waals surface area (Å²) >= 11 is 3.31. The summed E-state index contributed by atoms with van der Waals surface area (Å²) in [4.78, 5) is 36.8. The highest BCUT2D eigenvalue weighted by molar-refractivity contribution is 9.10. The molecule has 2 rings (SSSR count). The van der Waals surface area contributed by atoms with Crippen LogP contribution in [0.1, 0.15) is 29.6 Å². The SMILES string of the molecule is COc1ccc(Br)cc1C(=O)CCC(=O)N1CCC(C(=O)O)C1. The molecular formula is C16H18BrNO5. The number of likely N-dealkylation sites (tertiary alicyclic amines) is 1. The van der Waals surface area contributed by atoms with Gasteiger partial charge in [0.05, 0.1) is 18.6 Å². The molecule has 1 aliphatic rings. The molecule has 6 nitrogen and oxygen atoms in total. The second-order valence-corrected chi connectivity index (χ2v) is 6.35. The van der Waals surface area contributed by atoms with Crippen molar-refractivity contribution in [1.29, 1.82) is 0 Å². The summed E-state index contributed by atoms with van der Waals surface area (Å²) in [5.74, 6) is -1.27. The number of carbonyl (C=O) groups is 3. The van der Waals surface area contributed by atoms with Crippen LogP contribution in [-0.4, -0.2) is 47.9 Å². The van der Waals surface area contributed by atoms with Crippen molar-refractivity contribution in [2.75, 3.05) is 20.2 Å². The summed E-state index contributed by atoms with van der Waals surface area (Å²) in [6, 6.07) is 5.13. The highest BCUT2D eigenvalue weighted by Crippen LogP contribution is 2.25. The van der Waals surface area contributed by atoms with Crippen LogP contribution >= 0.6 is 15.9 Å². The Labute approximate surface area is 142 Å². The molecule has 1 amide bonds. The average Bonchev–Trinajstić information content (AvgIpc) is 3.02. The van der Waals surface area contributed by atoms with Crippen LogP contribution in [0.15, 0.2) is 22.7 Å². The molecule has 1 aromatic carbocycles. The second kappa shape index (κ2) is 7.59. The van der Waals surface area contributed by atoms with Gasteiger partial charge in [-0.15, -0.1) is 0 Å². The lowest BCUT2D eigenvalue weighted by molar-refractivity contribution is -0.141. The third-order valence-corrected chi connectivity index (χ3v) is 4.41. The van der Waals surface area contributed by atoms with E-state index >= 15 is 0 Å². The monoisotopic (exact) mass is 383 g/mol. The Kier molecular flexibility index (Phi) is 5.76. The third-order valence-electron chi connectivity index (χ3n) is 3.92. The Morgan fingerprint density at radius 2 is 2.09 bits per heavy atom. The summed E-state index contributed by atoms with van der Waals surface area (Å²) in [7, 11) is 1.49. The predicted molar refractivity (Wildman–Crippen MR) is 86.6 cm³/mol. The highest BCUT2D eigenvalue weighted by Gasteiger charge is 2.30. The average molecular weight is 384 g/mol. The highest BCUT2D eigenvalue weighted by atomic mass is 79.9. The topological polar surface area (TPSA) is 83.9 Å². The quantitative estimate of drug-likeness (QED) is 0.762. The van der Waals surface area contributed by atoms with Crippen molar-refractivity contribution >= 4 is 33.6 Å². The van der Waals surface area contributed by atoms with Gasteiger partial charge in [-0.25, -0.2) is 0 Å². The number of ether oxygens (including phenoxy) is 1. The Morgan fingerprint density at radius 1 is 1.35 bits per heavy atom. The van der Waals surface area contributed by atoms with Crippen molar-refractivity contribution in [3.63, 3.8) is 0 Å². The molecule has 0 saturated carbocycles. The van der Waals surface area contributed by atoms with E-state index in [1.807, 2.05) is 0 Å². The van der Waals surface area contributed by atoms with E-state index in [2.05, 4.69) is 15.9 Å². The van der Waals surface area contributed by atoms with E-state index in [1.165, 1.54) is 12.0 Å². The summed E-state index contributed by atoms with van der Waals surface area (Å²) < 4.78 is 5.93. The first-order valence-corrected chi connectivity index (χ1v) is 8.09. The van der Waals surface area contributed by atoms with Crippen molar-refractivity contribution in [3.05, 3.63) is 28.2 Å². The van der Waals surface area contributed by atoms with E-state index in [4.69, 9.17) is 9.84 Å². The van der Waals surface area contributed by atoms with Crippen molar-refractivity contribution in [2.24, 2.45) is 5.92 Å². The van der Waals surface area contributed by atoms with Gasteiger partial charge in [-0.3, -0.25) is 14.4 Å². The lowest BCUT2D eigenvalue weighted by Crippen LogP contribution is -2.30. The number of rotatable bonds is 6. The molecular weight excluding hydrogens is 366 g/mol. The fraction of sp³-hybridized carbons (Fsp3) is 0.438. The summed E-state index contributed by atoms with van der Waals surface area (Å²) in [5.41, 5.74) is 0.430. The Morgan fingerprint density at radius 3 is 2.70 bits per heavy atom. The van der Waals surface area contributed by atoms with Crippen LogP contribution in [0.5, 0.6) is 5.75 Å². The number of benzene rings is 1. The summed E-state index contributed by atoms with van der Waals surface area (Å²) in [6.07, 6.45) is 0.606. The number of carbonyl (C=O) groups excluding carboxylic acids is 2. The van der Waals surface area contributed by atoms with Crippen LogP contribution < -0.4 is 4.74 Å². The van der Waals surface area contributed by atoms with Crippen LogP contribution in [0.3, 0.4) is 0 Å². The molecule has 1 unspecified atom stereocenters. The number of hydrogen-bond donors (Lipinski definition) is 1. The first-order chi connectivity index (χ1) is 10.9. The zero-order valence-corrected chi connectivity index (χ0v) is 14.3. The number of carboxylic acid groups (broad SMARTS) is 1. The Bertz CT molecular complexity index is 631. The van der Waals surface area contributed by atoms with Crippen LogP contribution in [0, 0.1) is 5.92 Å². The molecule has 0 spiro atoms. The number of amides is 1. The lowest BCUT2D eigenvalue weighted by Gasteiger charge is -2.15. The van der Waals surface area contributed by atoms with E-state index in [9.17, 15) is 14.4 Å². The molecule has 1 heterocycles. The first kappa shape index (κ1) is 17.5. The standard InChI is InChI=1S/C16H18BrNO5/c1-23-14-4-2-11(17)8-12(14)13(19)3-5-15(20)18-7-6-10(9-18)16(21)22/h2,4,8,10H,3,5-7,9H2,1H3,(H,21,22). The number of Topliss-reactive ketones (excluding diaryl/α,β-unsaturated/α-hetero) is 1. The van der Waals surface area contributed by atoms with Crippen molar-refractivity contribution < 1.29 is 24.2 Å². The molecule has 23 heavy (non-hydrogen) atoms. The second-order valence-electron chi connectivity index (χ2n) is 5.43. The molecule has 7 heteroatoms. The minimum absolute atomic E-state index is 0.0693. The van der Waals surface area contributed by atoms with E-state index < -0.39 is 11.9 Å². The number of halogens is 1. The van der Waals surface area contributed by atoms with Crippen LogP contribution in [0.2, 0.25) is 0 Å². The maximum atomic E-state index is 12.3. The van der Waals surface area contributed by atoms with Gasteiger partial charge in [-0.1, -0.05) is 15.9 Å². The number of nitrogens with zero attached hydrogens (tertiary/aromatic N) is 1. The molecule has 124 valence electrons. The number of carboxylic acids is 1. The predicted octanol–water partition coefficient (Wildman–Crippen LogP) is 2.35. The summed E-state index contributed by atoms with van der Waals surface area (Å²) in [5, 5.41) is 8.95. The smallest absolute Gasteiger partial charge is 0.308 e. The van der Waals surface area contributed by atoms with Gasteiger partial charge in [-0.05, 0) is 24.6 Å². The maximum absolute atomic E-state index is 12.3. The van der Waals surface area contributed by atoms with E-state index in [1.54, 1.807) is 18.2 Å². The molecule has 1 aliphatic heterocycles. The number of hydrogen-bond acceptors (Lipinski definition) is 4. The Balaban J connectivity index is 1.93. The zero-order chi connectivity index (χ0) is 17.0. The molecule has 0 aromatic heterocycles. The lowest BCUT2D eigenvalue weighted by atomic mass is 10.1. The molecule has 0 radical (unpaired) electrons. The first-order valence-electron chi connectivity index (χ1n) is 7.29. The number of methoxy groups -OCH3 is 1. The number of aliphatic carboxylic acids is 1. The van der Waals surface area contributed by atoms with Crippen molar-refractivity contribution in [3.8, 4) is 5.75 Å². The van der Waals surface area contributed by atoms with E-state index in [0.717, 1.165) is 4.47 Å². The van der Waals surface area contributed by atoms with E-state index in [0.29, 0.717) is 24.3 Å². The van der Waals surface area contributed by atoms with Gasteiger partial charge >= 0.3 is 5.97 Å². The van der Waals surface area contributed by atoms with Gasteiger partial charge in [0, 0.05) is 30.4 Å². The minimum atomic E-state index is -0.879. The molecule has 0 aliphatic carbocycles. The van der Waals surface area contributed by atoms with E-state index in [-0.39, 0.29) is 31.1 Å². The van der Waals surface area contributed by atoms with Crippen LogP contribution in [-0.2, 0) is 9.59 Å².